The van der Waals surface area contributed by atoms with E-state index in [2.05, 4.69) is 16.4 Å². The van der Waals surface area contributed by atoms with Crippen LogP contribution < -0.4 is 5.32 Å². The normalized spacial score (nSPS) is 10.3. The van der Waals surface area contributed by atoms with Crippen LogP contribution in [-0.2, 0) is 13.0 Å². The minimum absolute atomic E-state index is 0.319. The summed E-state index contributed by atoms with van der Waals surface area (Å²) in [4.78, 5) is 14.8. The molecule has 1 aromatic heterocycles. The summed E-state index contributed by atoms with van der Waals surface area (Å²) in [7, 11) is 0. The van der Waals surface area contributed by atoms with Crippen LogP contribution in [0.5, 0.6) is 0 Å². The van der Waals surface area contributed by atoms with Crippen LogP contribution in [0.1, 0.15) is 21.5 Å². The van der Waals surface area contributed by atoms with Gasteiger partial charge in [0.25, 0.3) is 0 Å². The van der Waals surface area contributed by atoms with Crippen LogP contribution in [0.3, 0.4) is 0 Å². The van der Waals surface area contributed by atoms with Gasteiger partial charge in [0, 0.05) is 18.9 Å². The zero-order valence-electron chi connectivity index (χ0n) is 10.5. The van der Waals surface area contributed by atoms with Gasteiger partial charge in [-0.1, -0.05) is 18.2 Å². The van der Waals surface area contributed by atoms with Gasteiger partial charge in [0.2, 0.25) is 0 Å². The lowest BCUT2D eigenvalue weighted by molar-refractivity contribution is 0.0697. The van der Waals surface area contributed by atoms with Crippen molar-refractivity contribution in [3.63, 3.8) is 0 Å². The van der Waals surface area contributed by atoms with Crippen molar-refractivity contribution < 1.29 is 9.90 Å². The summed E-state index contributed by atoms with van der Waals surface area (Å²) < 4.78 is 0. The van der Waals surface area contributed by atoms with Crippen molar-refractivity contribution in [2.45, 2.75) is 13.0 Å². The average Bonchev–Trinajstić information content (AvgIpc) is 2.45. The van der Waals surface area contributed by atoms with Crippen molar-refractivity contribution in [1.29, 1.82) is 0 Å². The Bertz CT molecular complexity index is 524. The minimum Gasteiger partial charge on any atom is -0.478 e. The molecule has 2 rings (SSSR count). The van der Waals surface area contributed by atoms with E-state index in [-0.39, 0.29) is 0 Å². The highest BCUT2D eigenvalue weighted by molar-refractivity contribution is 5.87. The van der Waals surface area contributed by atoms with E-state index in [0.29, 0.717) is 5.56 Å². The van der Waals surface area contributed by atoms with Gasteiger partial charge in [0.1, 0.15) is 0 Å². The van der Waals surface area contributed by atoms with Gasteiger partial charge in [0.05, 0.1) is 5.56 Å². The number of hydrogen-bond acceptors (Lipinski definition) is 3. The first-order chi connectivity index (χ1) is 9.25. The Labute approximate surface area is 112 Å². The fourth-order valence-electron chi connectivity index (χ4n) is 1.78. The van der Waals surface area contributed by atoms with E-state index in [1.165, 1.54) is 5.56 Å². The molecule has 0 aliphatic carbocycles. The fourth-order valence-corrected chi connectivity index (χ4v) is 1.78. The van der Waals surface area contributed by atoms with Crippen LogP contribution >= 0.6 is 0 Å². The Hall–Kier alpha value is -2.20. The molecule has 0 bridgehead atoms. The molecule has 0 aliphatic heterocycles. The molecule has 0 spiro atoms. The first kappa shape index (κ1) is 13.2. The summed E-state index contributed by atoms with van der Waals surface area (Å²) in [6, 6.07) is 10.9. The molecule has 0 aliphatic rings. The van der Waals surface area contributed by atoms with Crippen LogP contribution in [0.15, 0.2) is 48.8 Å². The zero-order valence-corrected chi connectivity index (χ0v) is 10.5. The lowest BCUT2D eigenvalue weighted by Crippen LogP contribution is -2.16. The molecule has 19 heavy (non-hydrogen) atoms. The van der Waals surface area contributed by atoms with Crippen LogP contribution in [0.25, 0.3) is 0 Å². The van der Waals surface area contributed by atoms with E-state index in [4.69, 9.17) is 5.11 Å². The number of nitrogens with zero attached hydrogens (tertiary/aromatic N) is 1. The van der Waals surface area contributed by atoms with E-state index >= 15 is 0 Å². The van der Waals surface area contributed by atoms with Crippen molar-refractivity contribution in [2.75, 3.05) is 6.54 Å². The standard InChI is InChI=1S/C15H16N2O2/c18-15(19)14-5-3-13(4-6-14)11-17-9-7-12-2-1-8-16-10-12/h1-6,8,10,17H,7,9,11H2,(H,18,19). The molecule has 0 fully saturated rings. The smallest absolute Gasteiger partial charge is 0.335 e. The van der Waals surface area contributed by atoms with Crippen molar-refractivity contribution in [3.05, 3.63) is 65.5 Å². The predicted molar refractivity (Wildman–Crippen MR) is 73.0 cm³/mol. The van der Waals surface area contributed by atoms with E-state index in [0.717, 1.165) is 25.1 Å². The SMILES string of the molecule is O=C(O)c1ccc(CNCCc2cccnc2)cc1. The number of carboxylic acids is 1. The van der Waals surface area contributed by atoms with E-state index in [1.54, 1.807) is 18.3 Å². The number of rotatable bonds is 6. The highest BCUT2D eigenvalue weighted by Gasteiger charge is 2.01. The summed E-state index contributed by atoms with van der Waals surface area (Å²) in [5, 5.41) is 12.1. The Morgan fingerprint density at radius 1 is 1.16 bits per heavy atom. The molecule has 0 amide bonds. The second-order valence-electron chi connectivity index (χ2n) is 4.29. The monoisotopic (exact) mass is 256 g/mol. The zero-order chi connectivity index (χ0) is 13.5. The molecule has 0 saturated heterocycles. The van der Waals surface area contributed by atoms with Crippen LogP contribution in [0, 0.1) is 0 Å². The number of aromatic carboxylic acids is 1. The van der Waals surface area contributed by atoms with E-state index in [1.807, 2.05) is 24.4 Å². The number of hydrogen-bond donors (Lipinski definition) is 2. The van der Waals surface area contributed by atoms with Gasteiger partial charge in [0.15, 0.2) is 0 Å². The minimum atomic E-state index is -0.893. The average molecular weight is 256 g/mol. The van der Waals surface area contributed by atoms with Gasteiger partial charge in [-0.25, -0.2) is 4.79 Å². The van der Waals surface area contributed by atoms with Gasteiger partial charge >= 0.3 is 5.97 Å². The molecule has 0 unspecified atom stereocenters. The number of aromatic nitrogens is 1. The van der Waals surface area contributed by atoms with Gasteiger partial charge in [-0.15, -0.1) is 0 Å². The number of pyridine rings is 1. The van der Waals surface area contributed by atoms with Crippen LogP contribution in [0.4, 0.5) is 0 Å². The van der Waals surface area contributed by atoms with Crippen molar-refractivity contribution in [2.24, 2.45) is 0 Å². The molecule has 1 heterocycles. The van der Waals surface area contributed by atoms with Crippen LogP contribution in [0.2, 0.25) is 0 Å². The van der Waals surface area contributed by atoms with E-state index < -0.39 is 5.97 Å². The summed E-state index contributed by atoms with van der Waals surface area (Å²) in [6.45, 7) is 1.60. The third kappa shape index (κ3) is 4.19. The summed E-state index contributed by atoms with van der Waals surface area (Å²) in [5.41, 5.74) is 2.60. The lowest BCUT2D eigenvalue weighted by Gasteiger charge is -2.05. The molecule has 4 heteroatoms. The molecule has 1 aromatic carbocycles. The quantitative estimate of drug-likeness (QED) is 0.777. The molecular formula is C15H16N2O2. The Kier molecular flexibility index (Phi) is 4.64. The summed E-state index contributed by atoms with van der Waals surface area (Å²) >= 11 is 0. The summed E-state index contributed by atoms with van der Waals surface area (Å²) in [6.07, 6.45) is 4.56. The van der Waals surface area contributed by atoms with Crippen molar-refractivity contribution >= 4 is 5.97 Å². The maximum absolute atomic E-state index is 10.7. The second-order valence-corrected chi connectivity index (χ2v) is 4.29. The molecule has 0 saturated carbocycles. The first-order valence-electron chi connectivity index (χ1n) is 6.17. The Morgan fingerprint density at radius 2 is 1.95 bits per heavy atom. The molecule has 98 valence electrons. The van der Waals surface area contributed by atoms with Gasteiger partial charge in [-0.3, -0.25) is 4.98 Å². The maximum Gasteiger partial charge on any atom is 0.335 e. The number of carbonyl (C=O) groups is 1. The molecule has 2 aromatic rings. The third-order valence-electron chi connectivity index (χ3n) is 2.84. The maximum atomic E-state index is 10.7. The highest BCUT2D eigenvalue weighted by atomic mass is 16.4. The van der Waals surface area contributed by atoms with Crippen LogP contribution in [-0.4, -0.2) is 22.6 Å². The Morgan fingerprint density at radius 3 is 2.58 bits per heavy atom. The summed E-state index contributed by atoms with van der Waals surface area (Å²) in [5.74, 6) is -0.893. The van der Waals surface area contributed by atoms with Gasteiger partial charge in [-0.05, 0) is 42.3 Å². The largest absolute Gasteiger partial charge is 0.478 e. The Balaban J connectivity index is 1.75. The number of nitrogens with one attached hydrogen (secondary N) is 1. The second kappa shape index (κ2) is 6.66. The molecular weight excluding hydrogens is 240 g/mol. The van der Waals surface area contributed by atoms with Crippen molar-refractivity contribution in [3.8, 4) is 0 Å². The first-order valence-corrected chi connectivity index (χ1v) is 6.17. The number of benzene rings is 1. The van der Waals surface area contributed by atoms with Gasteiger partial charge < -0.3 is 10.4 Å². The number of carboxylic acid groups (broad SMARTS) is 1. The lowest BCUT2D eigenvalue weighted by atomic mass is 10.1. The van der Waals surface area contributed by atoms with Gasteiger partial charge in [-0.2, -0.15) is 0 Å². The predicted octanol–water partition coefficient (Wildman–Crippen LogP) is 2.11. The topological polar surface area (TPSA) is 62.2 Å². The highest BCUT2D eigenvalue weighted by Crippen LogP contribution is 2.04. The fraction of sp³-hybridized carbons (Fsp3) is 0.200. The third-order valence-corrected chi connectivity index (χ3v) is 2.84. The van der Waals surface area contributed by atoms with E-state index in [9.17, 15) is 4.79 Å². The molecule has 0 radical (unpaired) electrons. The molecule has 2 N–H and O–H groups in total. The molecule has 0 atom stereocenters. The van der Waals surface area contributed by atoms with Crippen molar-refractivity contribution in [1.82, 2.24) is 10.3 Å². The molecule has 4 nitrogen and oxygen atoms in total.